The molecule has 2 aromatic rings. The van der Waals surface area contributed by atoms with Gasteiger partial charge in [-0.3, -0.25) is 9.59 Å². The van der Waals surface area contributed by atoms with Crippen LogP contribution in [0.1, 0.15) is 6.42 Å². The van der Waals surface area contributed by atoms with Crippen LogP contribution in [-0.4, -0.2) is 29.3 Å². The van der Waals surface area contributed by atoms with E-state index >= 15 is 0 Å². The van der Waals surface area contributed by atoms with Crippen molar-refractivity contribution in [2.75, 3.05) is 12.4 Å². The number of thioether (sulfide) groups is 1. The van der Waals surface area contributed by atoms with Crippen molar-refractivity contribution < 1.29 is 18.7 Å². The summed E-state index contributed by atoms with van der Waals surface area (Å²) >= 11 is 7.18. The topological polar surface area (TPSA) is 79.8 Å². The van der Waals surface area contributed by atoms with E-state index in [4.69, 9.17) is 16.3 Å². The summed E-state index contributed by atoms with van der Waals surface area (Å²) in [7, 11) is 1.50. The van der Waals surface area contributed by atoms with Gasteiger partial charge in [-0.05, 0) is 42.5 Å². The molecule has 140 valence electrons. The molecular weight excluding hydrogens is 393 g/mol. The van der Waals surface area contributed by atoms with Gasteiger partial charge in [0.1, 0.15) is 16.8 Å². The normalized spacial score (nSPS) is 17.7. The number of rotatable bonds is 5. The predicted octanol–water partition coefficient (Wildman–Crippen LogP) is 3.74. The molecule has 0 spiro atoms. The zero-order valence-electron chi connectivity index (χ0n) is 14.2. The lowest BCUT2D eigenvalue weighted by atomic mass is 10.2. The maximum absolute atomic E-state index is 12.9. The van der Waals surface area contributed by atoms with Crippen molar-refractivity contribution in [3.63, 3.8) is 0 Å². The Morgan fingerprint density at radius 3 is 2.74 bits per heavy atom. The number of anilines is 1. The summed E-state index contributed by atoms with van der Waals surface area (Å²) in [6, 6.07) is 10.4. The number of hydrogen-bond donors (Lipinski definition) is 2. The molecule has 0 aliphatic carbocycles. The molecule has 3 rings (SSSR count). The Hall–Kier alpha value is -2.58. The molecular formula is C18H15ClFN3O3S. The van der Waals surface area contributed by atoms with Crippen LogP contribution in [0.2, 0.25) is 5.02 Å². The Morgan fingerprint density at radius 2 is 2.07 bits per heavy atom. The smallest absolute Gasteiger partial charge is 0.240 e. The highest BCUT2D eigenvalue weighted by molar-refractivity contribution is 8.15. The van der Waals surface area contributed by atoms with Crippen LogP contribution >= 0.6 is 23.4 Å². The first-order valence-corrected chi connectivity index (χ1v) is 9.15. The van der Waals surface area contributed by atoms with Gasteiger partial charge in [0.25, 0.3) is 0 Å². The first-order valence-electron chi connectivity index (χ1n) is 7.90. The molecule has 1 atom stereocenters. The Balaban J connectivity index is 1.60. The van der Waals surface area contributed by atoms with Gasteiger partial charge in [-0.25, -0.2) is 9.38 Å². The number of carbonyl (C=O) groups is 2. The van der Waals surface area contributed by atoms with E-state index in [9.17, 15) is 14.0 Å². The van der Waals surface area contributed by atoms with E-state index in [1.165, 1.54) is 31.4 Å². The fourth-order valence-corrected chi connectivity index (χ4v) is 3.60. The van der Waals surface area contributed by atoms with Crippen molar-refractivity contribution in [1.29, 1.82) is 0 Å². The van der Waals surface area contributed by atoms with E-state index in [0.717, 1.165) is 11.8 Å². The van der Waals surface area contributed by atoms with E-state index in [1.807, 2.05) is 0 Å². The quantitative estimate of drug-likeness (QED) is 0.791. The molecule has 2 aromatic carbocycles. The lowest BCUT2D eigenvalue weighted by Gasteiger charge is -2.09. The minimum atomic E-state index is -0.599. The predicted molar refractivity (Wildman–Crippen MR) is 104 cm³/mol. The van der Waals surface area contributed by atoms with E-state index in [-0.39, 0.29) is 24.1 Å². The first-order chi connectivity index (χ1) is 12.9. The van der Waals surface area contributed by atoms with Gasteiger partial charge < -0.3 is 15.4 Å². The molecule has 1 heterocycles. The van der Waals surface area contributed by atoms with Crippen molar-refractivity contribution in [3.05, 3.63) is 53.3 Å². The highest BCUT2D eigenvalue weighted by atomic mass is 35.5. The van der Waals surface area contributed by atoms with Gasteiger partial charge in [-0.2, -0.15) is 0 Å². The number of halogens is 2. The second-order valence-electron chi connectivity index (χ2n) is 5.59. The molecule has 0 bridgehead atoms. The molecule has 0 saturated carbocycles. The van der Waals surface area contributed by atoms with Crippen molar-refractivity contribution in [2.24, 2.45) is 4.99 Å². The zero-order chi connectivity index (χ0) is 19.4. The molecule has 6 nitrogen and oxygen atoms in total. The maximum atomic E-state index is 12.9. The number of nitrogens with one attached hydrogen (secondary N) is 2. The fraction of sp³-hybridized carbons (Fsp3) is 0.167. The number of amidine groups is 1. The molecule has 0 unspecified atom stereocenters. The van der Waals surface area contributed by atoms with Crippen LogP contribution < -0.4 is 15.4 Å². The number of ether oxygens (including phenoxy) is 1. The average molecular weight is 408 g/mol. The fourth-order valence-electron chi connectivity index (χ4n) is 2.35. The summed E-state index contributed by atoms with van der Waals surface area (Å²) in [6.07, 6.45) is -0.0252. The van der Waals surface area contributed by atoms with Crippen LogP contribution in [0.25, 0.3) is 0 Å². The number of carbonyl (C=O) groups excluding carboxylic acids is 2. The lowest BCUT2D eigenvalue weighted by Crippen LogP contribution is -2.28. The van der Waals surface area contributed by atoms with E-state index < -0.39 is 5.25 Å². The third kappa shape index (κ3) is 4.99. The van der Waals surface area contributed by atoms with Crippen LogP contribution in [-0.2, 0) is 9.59 Å². The van der Waals surface area contributed by atoms with E-state index in [1.54, 1.807) is 18.2 Å². The summed E-state index contributed by atoms with van der Waals surface area (Å²) in [5.41, 5.74) is 1.02. The average Bonchev–Trinajstić information content (AvgIpc) is 2.96. The van der Waals surface area contributed by atoms with Crippen molar-refractivity contribution >= 4 is 51.7 Å². The highest BCUT2D eigenvalue weighted by Crippen LogP contribution is 2.28. The number of aliphatic imine (C=N–C) groups is 1. The first kappa shape index (κ1) is 19.2. The maximum Gasteiger partial charge on any atom is 0.240 e. The van der Waals surface area contributed by atoms with Crippen LogP contribution in [0.15, 0.2) is 47.5 Å². The van der Waals surface area contributed by atoms with Crippen LogP contribution in [0.4, 0.5) is 15.8 Å². The molecule has 2 amide bonds. The summed E-state index contributed by atoms with van der Waals surface area (Å²) in [4.78, 5) is 28.5. The molecule has 1 aliphatic heterocycles. The third-order valence-corrected chi connectivity index (χ3v) is 5.02. The SMILES string of the molecule is COc1ccc(NC(=O)C[C@@H]2SC(=Nc3ccc(F)cc3)NC2=O)cc1Cl. The standard InChI is InChI=1S/C18H15ClFN3O3S/c1-26-14-7-6-12(8-13(14)19)21-16(24)9-15-17(25)23-18(27-15)22-11-4-2-10(20)3-5-11/h2-8,15H,9H2,1H3,(H,21,24)(H,22,23,25)/t15-/m0/s1. The van der Waals surface area contributed by atoms with Gasteiger partial charge in [-0.1, -0.05) is 23.4 Å². The minimum Gasteiger partial charge on any atom is -0.495 e. The molecule has 27 heavy (non-hydrogen) atoms. The van der Waals surface area contributed by atoms with Gasteiger partial charge in [0.15, 0.2) is 5.17 Å². The summed E-state index contributed by atoms with van der Waals surface area (Å²) in [6.45, 7) is 0. The summed E-state index contributed by atoms with van der Waals surface area (Å²) in [5, 5.41) is 5.47. The second-order valence-corrected chi connectivity index (χ2v) is 7.19. The number of methoxy groups -OCH3 is 1. The van der Waals surface area contributed by atoms with Crippen molar-refractivity contribution in [3.8, 4) is 5.75 Å². The van der Waals surface area contributed by atoms with Gasteiger partial charge >= 0.3 is 0 Å². The summed E-state index contributed by atoms with van der Waals surface area (Å²) in [5.74, 6) is -0.493. The largest absolute Gasteiger partial charge is 0.495 e. The molecule has 1 fully saturated rings. The molecule has 1 saturated heterocycles. The van der Waals surface area contributed by atoms with E-state index in [0.29, 0.717) is 27.3 Å². The number of nitrogens with zero attached hydrogens (tertiary/aromatic N) is 1. The number of benzene rings is 2. The minimum absolute atomic E-state index is 0.0252. The van der Waals surface area contributed by atoms with Gasteiger partial charge in [0, 0.05) is 12.1 Å². The Morgan fingerprint density at radius 1 is 1.33 bits per heavy atom. The van der Waals surface area contributed by atoms with Crippen LogP contribution in [0.3, 0.4) is 0 Å². The molecule has 2 N–H and O–H groups in total. The molecule has 0 aromatic heterocycles. The highest BCUT2D eigenvalue weighted by Gasteiger charge is 2.32. The molecule has 1 aliphatic rings. The number of hydrogen-bond acceptors (Lipinski definition) is 5. The Bertz CT molecular complexity index is 905. The molecule has 0 radical (unpaired) electrons. The van der Waals surface area contributed by atoms with Gasteiger partial charge in [0.05, 0.1) is 17.8 Å². The number of amides is 2. The van der Waals surface area contributed by atoms with Crippen LogP contribution in [0, 0.1) is 5.82 Å². The lowest BCUT2D eigenvalue weighted by molar-refractivity contribution is -0.122. The Kier molecular flexibility index (Phi) is 5.98. The third-order valence-electron chi connectivity index (χ3n) is 3.64. The van der Waals surface area contributed by atoms with Gasteiger partial charge in [0.2, 0.25) is 11.8 Å². The van der Waals surface area contributed by atoms with Gasteiger partial charge in [-0.15, -0.1) is 0 Å². The zero-order valence-corrected chi connectivity index (χ0v) is 15.7. The monoisotopic (exact) mass is 407 g/mol. The molecule has 9 heteroatoms. The second kappa shape index (κ2) is 8.41. The summed E-state index contributed by atoms with van der Waals surface area (Å²) < 4.78 is 18.0. The van der Waals surface area contributed by atoms with Crippen molar-refractivity contribution in [1.82, 2.24) is 5.32 Å². The van der Waals surface area contributed by atoms with Crippen molar-refractivity contribution in [2.45, 2.75) is 11.7 Å². The Labute approximate surface area is 164 Å². The van der Waals surface area contributed by atoms with E-state index in [2.05, 4.69) is 15.6 Å². The van der Waals surface area contributed by atoms with Crippen LogP contribution in [0.5, 0.6) is 5.75 Å².